The van der Waals surface area contributed by atoms with Crippen LogP contribution in [0.1, 0.15) is 0 Å². The van der Waals surface area contributed by atoms with Crippen LogP contribution in [0.3, 0.4) is 0 Å². The summed E-state index contributed by atoms with van der Waals surface area (Å²) in [6, 6.07) is 0. The number of hydrogen-bond donors (Lipinski definition) is 4. The molecule has 5 N–H and O–H groups in total. The summed E-state index contributed by atoms with van der Waals surface area (Å²) in [4.78, 5) is 0. The zero-order valence-electron chi connectivity index (χ0n) is 3.73. The monoisotopic (exact) mass is 101 g/mol. The van der Waals surface area contributed by atoms with Gasteiger partial charge in [-0.05, 0) is 0 Å². The van der Waals surface area contributed by atoms with Crippen LogP contribution in [0.25, 0.3) is 0 Å². The van der Waals surface area contributed by atoms with Gasteiger partial charge in [-0.2, -0.15) is 10.6 Å². The van der Waals surface area contributed by atoms with Crippen molar-refractivity contribution in [2.75, 3.05) is 6.54 Å². The van der Waals surface area contributed by atoms with E-state index >= 15 is 0 Å². The lowest BCUT2D eigenvalue weighted by Gasteiger charge is -1.87. The first-order chi connectivity index (χ1) is 3.43. The van der Waals surface area contributed by atoms with E-state index in [9.17, 15) is 0 Å². The fourth-order valence-corrected chi connectivity index (χ4v) is 0.366. The summed E-state index contributed by atoms with van der Waals surface area (Å²) in [5, 5.41) is 3.37. The van der Waals surface area contributed by atoms with Gasteiger partial charge in [0.15, 0.2) is 5.84 Å². The predicted molar refractivity (Wildman–Crippen MR) is 25.9 cm³/mol. The van der Waals surface area contributed by atoms with Crippen molar-refractivity contribution < 1.29 is 0 Å². The maximum Gasteiger partial charge on any atom is 0.152 e. The van der Waals surface area contributed by atoms with Gasteiger partial charge in [0.05, 0.1) is 6.54 Å². The standard InChI is InChI=1S/C2H7N5/c3-5-2-1-4-7-6-2/h4,7H,1,3H2,(H,5,6). The van der Waals surface area contributed by atoms with Crippen LogP contribution in [0, 0.1) is 0 Å². The second kappa shape index (κ2) is 1.76. The van der Waals surface area contributed by atoms with Gasteiger partial charge < -0.3 is 5.84 Å². The molecule has 1 aliphatic heterocycles. The van der Waals surface area contributed by atoms with Gasteiger partial charge in [-0.15, -0.1) is 0 Å². The van der Waals surface area contributed by atoms with Crippen molar-refractivity contribution in [2.45, 2.75) is 0 Å². The zero-order chi connectivity index (χ0) is 5.11. The lowest BCUT2D eigenvalue weighted by Crippen LogP contribution is -2.31. The highest BCUT2D eigenvalue weighted by molar-refractivity contribution is 5.84. The SMILES string of the molecule is NN=C1CNNN1. The fourth-order valence-electron chi connectivity index (χ4n) is 0.366. The molecule has 1 heterocycles. The largest absolute Gasteiger partial charge is 0.321 e. The van der Waals surface area contributed by atoms with Crippen LogP contribution in [0.4, 0.5) is 0 Å². The Morgan fingerprint density at radius 3 is 2.86 bits per heavy atom. The third-order valence-electron chi connectivity index (χ3n) is 0.707. The van der Waals surface area contributed by atoms with E-state index in [0.29, 0.717) is 6.54 Å². The van der Waals surface area contributed by atoms with Crippen LogP contribution in [-0.4, -0.2) is 12.4 Å². The summed E-state index contributed by atoms with van der Waals surface area (Å²) in [7, 11) is 0. The lowest BCUT2D eigenvalue weighted by molar-refractivity contribution is 0.608. The second-order valence-corrected chi connectivity index (χ2v) is 1.18. The molecule has 0 saturated carbocycles. The van der Waals surface area contributed by atoms with Gasteiger partial charge >= 0.3 is 0 Å². The molecule has 0 unspecified atom stereocenters. The van der Waals surface area contributed by atoms with E-state index in [1.54, 1.807) is 0 Å². The summed E-state index contributed by atoms with van der Waals surface area (Å²) in [6.45, 7) is 0.663. The zero-order valence-corrected chi connectivity index (χ0v) is 3.73. The number of amidine groups is 1. The quantitative estimate of drug-likeness (QED) is 0.208. The number of nitrogens with zero attached hydrogens (tertiary/aromatic N) is 1. The number of nitrogens with one attached hydrogen (secondary N) is 3. The molecule has 0 amide bonds. The number of hydrazine groups is 2. The Morgan fingerprint density at radius 1 is 1.71 bits per heavy atom. The lowest BCUT2D eigenvalue weighted by atomic mass is 10.6. The second-order valence-electron chi connectivity index (χ2n) is 1.18. The van der Waals surface area contributed by atoms with E-state index < -0.39 is 0 Å². The van der Waals surface area contributed by atoms with Crippen LogP contribution < -0.4 is 22.2 Å². The highest BCUT2D eigenvalue weighted by Crippen LogP contribution is 1.66. The molecule has 0 bridgehead atoms. The highest BCUT2D eigenvalue weighted by Gasteiger charge is 2.01. The van der Waals surface area contributed by atoms with E-state index in [0.717, 1.165) is 5.84 Å². The van der Waals surface area contributed by atoms with E-state index in [4.69, 9.17) is 5.84 Å². The van der Waals surface area contributed by atoms with Crippen molar-refractivity contribution >= 4 is 5.84 Å². The molecule has 1 fully saturated rings. The summed E-state index contributed by atoms with van der Waals surface area (Å²) >= 11 is 0. The minimum atomic E-state index is 0.663. The smallest absolute Gasteiger partial charge is 0.152 e. The van der Waals surface area contributed by atoms with Gasteiger partial charge in [0.25, 0.3) is 0 Å². The van der Waals surface area contributed by atoms with Crippen molar-refractivity contribution in [2.24, 2.45) is 10.9 Å². The van der Waals surface area contributed by atoms with Gasteiger partial charge in [0.2, 0.25) is 0 Å². The minimum absolute atomic E-state index is 0.663. The maximum absolute atomic E-state index is 4.88. The van der Waals surface area contributed by atoms with Crippen molar-refractivity contribution in [1.82, 2.24) is 16.4 Å². The molecule has 40 valence electrons. The number of hydrogen-bond acceptors (Lipinski definition) is 4. The van der Waals surface area contributed by atoms with Gasteiger partial charge in [0.1, 0.15) is 0 Å². The highest BCUT2D eigenvalue weighted by atomic mass is 15.6. The summed E-state index contributed by atoms with van der Waals surface area (Å²) in [5.74, 6) is 5.60. The first-order valence-electron chi connectivity index (χ1n) is 1.94. The van der Waals surface area contributed by atoms with Crippen LogP contribution in [0.2, 0.25) is 0 Å². The molecule has 0 radical (unpaired) electrons. The molecule has 5 heteroatoms. The molecule has 0 aliphatic carbocycles. The van der Waals surface area contributed by atoms with Crippen molar-refractivity contribution in [3.8, 4) is 0 Å². The number of rotatable bonds is 0. The average Bonchev–Trinajstić information content (AvgIpc) is 2.14. The Kier molecular flexibility index (Phi) is 1.10. The Balaban J connectivity index is 2.41. The van der Waals surface area contributed by atoms with Gasteiger partial charge in [-0.3, -0.25) is 5.43 Å². The Hall–Kier alpha value is -0.810. The molecule has 1 saturated heterocycles. The van der Waals surface area contributed by atoms with E-state index in [2.05, 4.69) is 21.5 Å². The van der Waals surface area contributed by atoms with Crippen LogP contribution in [0.5, 0.6) is 0 Å². The molecular weight excluding hydrogens is 94.1 g/mol. The third kappa shape index (κ3) is 0.787. The summed E-state index contributed by atoms with van der Waals surface area (Å²) < 4.78 is 0. The molecule has 7 heavy (non-hydrogen) atoms. The molecule has 1 rings (SSSR count). The van der Waals surface area contributed by atoms with Gasteiger partial charge in [-0.25, -0.2) is 5.43 Å². The number of nitrogens with two attached hydrogens (primary N) is 1. The van der Waals surface area contributed by atoms with Gasteiger partial charge in [-0.1, -0.05) is 0 Å². The topological polar surface area (TPSA) is 74.5 Å². The normalized spacial score (nSPS) is 25.4. The fraction of sp³-hybridized carbons (Fsp3) is 0.500. The van der Waals surface area contributed by atoms with Crippen LogP contribution in [0.15, 0.2) is 5.10 Å². The molecule has 0 aromatic heterocycles. The molecule has 0 aromatic rings. The molecular formula is C2H7N5. The molecule has 5 nitrogen and oxygen atoms in total. The third-order valence-corrected chi connectivity index (χ3v) is 0.707. The van der Waals surface area contributed by atoms with Crippen LogP contribution in [-0.2, 0) is 0 Å². The molecule has 0 aromatic carbocycles. The number of hydrazone groups is 1. The predicted octanol–water partition coefficient (Wildman–Crippen LogP) is -2.13. The average molecular weight is 101 g/mol. The van der Waals surface area contributed by atoms with Crippen LogP contribution >= 0.6 is 0 Å². The first kappa shape index (κ1) is 4.35. The van der Waals surface area contributed by atoms with E-state index in [1.165, 1.54) is 0 Å². The van der Waals surface area contributed by atoms with Crippen molar-refractivity contribution in [3.63, 3.8) is 0 Å². The summed E-state index contributed by atoms with van der Waals surface area (Å²) in [5.41, 5.74) is 8.03. The van der Waals surface area contributed by atoms with E-state index in [1.807, 2.05) is 0 Å². The Morgan fingerprint density at radius 2 is 2.57 bits per heavy atom. The minimum Gasteiger partial charge on any atom is -0.321 e. The Labute approximate surface area is 40.9 Å². The molecule has 1 aliphatic rings. The molecule has 0 spiro atoms. The maximum atomic E-state index is 4.88. The van der Waals surface area contributed by atoms with Gasteiger partial charge in [0, 0.05) is 0 Å². The summed E-state index contributed by atoms with van der Waals surface area (Å²) in [6.07, 6.45) is 0. The van der Waals surface area contributed by atoms with E-state index in [-0.39, 0.29) is 0 Å². The first-order valence-corrected chi connectivity index (χ1v) is 1.94. The Bertz CT molecular complexity index is 78.1. The molecule has 0 atom stereocenters. The van der Waals surface area contributed by atoms with Crippen molar-refractivity contribution in [3.05, 3.63) is 0 Å². The van der Waals surface area contributed by atoms with Crippen molar-refractivity contribution in [1.29, 1.82) is 0 Å².